The van der Waals surface area contributed by atoms with Gasteiger partial charge in [0.1, 0.15) is 0 Å². The first-order valence-electron chi connectivity index (χ1n) is 8.61. The summed E-state index contributed by atoms with van der Waals surface area (Å²) in [5.74, 6) is -2.08. The number of likely N-dealkylation sites (tertiary alicyclic amines) is 1. The van der Waals surface area contributed by atoms with Crippen molar-refractivity contribution in [1.82, 2.24) is 4.90 Å². The fourth-order valence-electron chi connectivity index (χ4n) is 3.35. The molecule has 1 N–H and O–H groups in total. The number of carbonyl (C=O) groups excluding carboxylic acids is 2. The molecule has 1 aliphatic heterocycles. The molecule has 1 amide bonds. The minimum Gasteiger partial charge on any atom is -0.481 e. The monoisotopic (exact) mass is 351 g/mol. The maximum Gasteiger partial charge on any atom is 0.308 e. The van der Waals surface area contributed by atoms with E-state index in [0.29, 0.717) is 23.2 Å². The Kier molecular flexibility index (Phi) is 4.89. The third-order valence-corrected chi connectivity index (χ3v) is 4.93. The number of carboxylic acids is 1. The van der Waals surface area contributed by atoms with Crippen molar-refractivity contribution in [3.05, 3.63) is 70.8 Å². The fourth-order valence-corrected chi connectivity index (χ4v) is 3.35. The maximum absolute atomic E-state index is 13.0. The molecule has 0 spiro atoms. The van der Waals surface area contributed by atoms with Gasteiger partial charge in [0.05, 0.1) is 11.5 Å². The average molecular weight is 351 g/mol. The zero-order chi connectivity index (χ0) is 18.8. The predicted molar refractivity (Wildman–Crippen MR) is 97.2 cm³/mol. The molecule has 1 heterocycles. The summed E-state index contributed by atoms with van der Waals surface area (Å²) in [7, 11) is 0. The third-order valence-electron chi connectivity index (χ3n) is 4.93. The van der Waals surface area contributed by atoms with Crippen LogP contribution in [0.25, 0.3) is 0 Å². The molecule has 1 saturated heterocycles. The Hall–Kier alpha value is -2.95. The highest BCUT2D eigenvalue weighted by Crippen LogP contribution is 2.26. The number of benzene rings is 2. The smallest absolute Gasteiger partial charge is 0.308 e. The molecule has 2 aromatic carbocycles. The molecule has 5 nitrogen and oxygen atoms in total. The fraction of sp³-hybridized carbons (Fsp3) is 0.286. The first kappa shape index (κ1) is 17.9. The van der Waals surface area contributed by atoms with Crippen molar-refractivity contribution in [2.45, 2.75) is 13.8 Å². The van der Waals surface area contributed by atoms with Crippen molar-refractivity contribution in [3.63, 3.8) is 0 Å². The number of carbonyl (C=O) groups is 3. The van der Waals surface area contributed by atoms with Crippen molar-refractivity contribution in [3.8, 4) is 0 Å². The van der Waals surface area contributed by atoms with Gasteiger partial charge in [-0.2, -0.15) is 0 Å². The van der Waals surface area contributed by atoms with Crippen LogP contribution in [0.5, 0.6) is 0 Å². The van der Waals surface area contributed by atoms with Crippen LogP contribution in [0.15, 0.2) is 48.5 Å². The van der Waals surface area contributed by atoms with Gasteiger partial charge in [-0.25, -0.2) is 0 Å². The lowest BCUT2D eigenvalue weighted by molar-refractivity contribution is -0.142. The first-order valence-corrected chi connectivity index (χ1v) is 8.61. The van der Waals surface area contributed by atoms with E-state index in [-0.39, 0.29) is 24.2 Å². The number of aliphatic carboxylic acids is 1. The number of ketones is 1. The molecule has 0 saturated carbocycles. The van der Waals surface area contributed by atoms with Crippen LogP contribution in [-0.4, -0.2) is 40.8 Å². The topological polar surface area (TPSA) is 74.7 Å². The van der Waals surface area contributed by atoms with Gasteiger partial charge in [0.2, 0.25) is 0 Å². The Bertz CT molecular complexity index is 857. The predicted octanol–water partition coefficient (Wildman–Crippen LogP) is 3.02. The van der Waals surface area contributed by atoms with Crippen LogP contribution in [0.2, 0.25) is 0 Å². The second-order valence-corrected chi connectivity index (χ2v) is 6.87. The number of carboxylic acid groups (broad SMARTS) is 1. The maximum atomic E-state index is 13.0. The van der Waals surface area contributed by atoms with Crippen LogP contribution in [0.4, 0.5) is 0 Å². The SMILES string of the molecule is Cc1ccc(C(=O)c2ccccc2C(=O)N2C[C@@H](C)[C@H](C(=O)O)C2)cc1. The quantitative estimate of drug-likeness (QED) is 0.859. The Morgan fingerprint density at radius 2 is 1.58 bits per heavy atom. The molecule has 26 heavy (non-hydrogen) atoms. The number of amides is 1. The minimum absolute atomic E-state index is 0.114. The van der Waals surface area contributed by atoms with E-state index >= 15 is 0 Å². The lowest BCUT2D eigenvalue weighted by atomic mass is 9.97. The van der Waals surface area contributed by atoms with Crippen LogP contribution in [0.3, 0.4) is 0 Å². The summed E-state index contributed by atoms with van der Waals surface area (Å²) >= 11 is 0. The lowest BCUT2D eigenvalue weighted by Crippen LogP contribution is -2.31. The molecule has 0 radical (unpaired) electrons. The van der Waals surface area contributed by atoms with Gasteiger partial charge in [-0.05, 0) is 18.9 Å². The number of rotatable bonds is 4. The van der Waals surface area contributed by atoms with E-state index in [1.165, 1.54) is 4.90 Å². The molecule has 2 aromatic rings. The van der Waals surface area contributed by atoms with Gasteiger partial charge in [-0.15, -0.1) is 0 Å². The number of nitrogens with zero attached hydrogens (tertiary/aromatic N) is 1. The van der Waals surface area contributed by atoms with Gasteiger partial charge in [-0.3, -0.25) is 14.4 Å². The molecular formula is C21H21NO4. The Balaban J connectivity index is 1.90. The van der Waals surface area contributed by atoms with E-state index in [1.54, 1.807) is 36.4 Å². The van der Waals surface area contributed by atoms with Crippen molar-refractivity contribution < 1.29 is 19.5 Å². The molecule has 2 atom stereocenters. The molecule has 0 aromatic heterocycles. The first-order chi connectivity index (χ1) is 12.4. The largest absolute Gasteiger partial charge is 0.481 e. The molecular weight excluding hydrogens is 330 g/mol. The minimum atomic E-state index is -0.892. The van der Waals surface area contributed by atoms with Gasteiger partial charge in [0, 0.05) is 24.2 Å². The van der Waals surface area contributed by atoms with Crippen LogP contribution < -0.4 is 0 Å². The number of aryl methyl sites for hydroxylation is 1. The van der Waals surface area contributed by atoms with Crippen molar-refractivity contribution >= 4 is 17.7 Å². The third kappa shape index (κ3) is 3.38. The molecule has 1 aliphatic rings. The Morgan fingerprint density at radius 1 is 0.962 bits per heavy atom. The van der Waals surface area contributed by atoms with Crippen LogP contribution in [-0.2, 0) is 4.79 Å². The lowest BCUT2D eigenvalue weighted by Gasteiger charge is -2.18. The number of hydrogen-bond acceptors (Lipinski definition) is 3. The highest BCUT2D eigenvalue weighted by atomic mass is 16.4. The van der Waals surface area contributed by atoms with E-state index in [9.17, 15) is 19.5 Å². The average Bonchev–Trinajstić information content (AvgIpc) is 3.03. The van der Waals surface area contributed by atoms with Crippen LogP contribution >= 0.6 is 0 Å². The summed E-state index contributed by atoms with van der Waals surface area (Å²) in [6.45, 7) is 4.32. The van der Waals surface area contributed by atoms with Gasteiger partial charge in [0.25, 0.3) is 5.91 Å². The van der Waals surface area contributed by atoms with Crippen LogP contribution in [0.1, 0.15) is 38.8 Å². The van der Waals surface area contributed by atoms with E-state index in [0.717, 1.165) is 5.56 Å². The van der Waals surface area contributed by atoms with Gasteiger partial charge in [-0.1, -0.05) is 55.0 Å². The van der Waals surface area contributed by atoms with E-state index in [4.69, 9.17) is 0 Å². The molecule has 1 fully saturated rings. The summed E-state index contributed by atoms with van der Waals surface area (Å²) in [6.07, 6.45) is 0. The van der Waals surface area contributed by atoms with E-state index < -0.39 is 11.9 Å². The Morgan fingerprint density at radius 3 is 2.15 bits per heavy atom. The summed E-state index contributed by atoms with van der Waals surface area (Å²) in [4.78, 5) is 38.7. The van der Waals surface area contributed by atoms with Crippen LogP contribution in [0, 0.1) is 18.8 Å². The van der Waals surface area contributed by atoms with E-state index in [1.807, 2.05) is 26.0 Å². The van der Waals surface area contributed by atoms with Crippen molar-refractivity contribution in [2.75, 3.05) is 13.1 Å². The zero-order valence-corrected chi connectivity index (χ0v) is 14.8. The molecule has 134 valence electrons. The second-order valence-electron chi connectivity index (χ2n) is 6.87. The molecule has 0 unspecified atom stereocenters. The number of hydrogen-bond donors (Lipinski definition) is 1. The molecule has 0 bridgehead atoms. The molecule has 5 heteroatoms. The molecule has 3 rings (SSSR count). The highest BCUT2D eigenvalue weighted by molar-refractivity contribution is 6.15. The van der Waals surface area contributed by atoms with Gasteiger partial charge in [0.15, 0.2) is 5.78 Å². The van der Waals surface area contributed by atoms with E-state index in [2.05, 4.69) is 0 Å². The summed E-state index contributed by atoms with van der Waals surface area (Å²) < 4.78 is 0. The standard InChI is InChI=1S/C21H21NO4/c1-13-7-9-15(10-8-13)19(23)16-5-3-4-6-17(16)20(24)22-11-14(2)18(12-22)21(25)26/h3-10,14,18H,11-12H2,1-2H3,(H,25,26)/t14-,18-/m1/s1. The highest BCUT2D eigenvalue weighted by Gasteiger charge is 2.37. The van der Waals surface area contributed by atoms with Crippen molar-refractivity contribution in [2.24, 2.45) is 11.8 Å². The normalized spacial score (nSPS) is 19.4. The summed E-state index contributed by atoms with van der Waals surface area (Å²) in [5, 5.41) is 9.28. The zero-order valence-electron chi connectivity index (χ0n) is 14.8. The summed E-state index contributed by atoms with van der Waals surface area (Å²) in [6, 6.07) is 13.9. The second kappa shape index (κ2) is 7.12. The summed E-state index contributed by atoms with van der Waals surface area (Å²) in [5.41, 5.74) is 2.23. The van der Waals surface area contributed by atoms with Crippen molar-refractivity contribution in [1.29, 1.82) is 0 Å². The molecule has 0 aliphatic carbocycles. The Labute approximate surface area is 152 Å². The van der Waals surface area contributed by atoms with Gasteiger partial charge >= 0.3 is 5.97 Å². The van der Waals surface area contributed by atoms with Gasteiger partial charge < -0.3 is 10.0 Å².